The summed E-state index contributed by atoms with van der Waals surface area (Å²) in [6.07, 6.45) is 6.09. The second-order valence-electron chi connectivity index (χ2n) is 6.89. The molecule has 0 heterocycles. The highest BCUT2D eigenvalue weighted by atomic mass is 16.2. The smallest absolute Gasteiger partial charge is 0.241 e. The van der Waals surface area contributed by atoms with E-state index >= 15 is 0 Å². The van der Waals surface area contributed by atoms with Gasteiger partial charge in [0.15, 0.2) is 0 Å². The fraction of sp³-hybridized carbons (Fsp3) is 0.429. The highest BCUT2D eigenvalue weighted by Crippen LogP contribution is 2.21. The zero-order valence-corrected chi connectivity index (χ0v) is 14.8. The van der Waals surface area contributed by atoms with Gasteiger partial charge in [0.05, 0.1) is 13.0 Å². The van der Waals surface area contributed by atoms with Crippen LogP contribution in [-0.2, 0) is 16.0 Å². The number of rotatable bonds is 5. The molecule has 1 fully saturated rings. The van der Waals surface area contributed by atoms with Crippen LogP contribution in [0.3, 0.4) is 0 Å². The maximum absolute atomic E-state index is 12.3. The number of likely N-dealkylation sites (N-methyl/N-ethyl adjacent to an activating group) is 1. The lowest BCUT2D eigenvalue weighted by atomic mass is 9.94. The maximum atomic E-state index is 12.3. The molecule has 0 spiro atoms. The second-order valence-corrected chi connectivity index (χ2v) is 6.89. The first-order valence-corrected chi connectivity index (χ1v) is 9.14. The van der Waals surface area contributed by atoms with E-state index in [9.17, 15) is 9.59 Å². The van der Waals surface area contributed by atoms with Gasteiger partial charge in [0, 0.05) is 13.1 Å². The SMILES string of the molecule is CN(C(=O)CNC(=O)Cc1cccc2ccccc12)C1CCCCC1. The normalized spacial score (nSPS) is 15.1. The first-order chi connectivity index (χ1) is 12.1. The molecule has 1 N–H and O–H groups in total. The number of amides is 2. The molecule has 0 unspecified atom stereocenters. The predicted molar refractivity (Wildman–Crippen MR) is 100 cm³/mol. The largest absolute Gasteiger partial charge is 0.347 e. The average molecular weight is 338 g/mol. The van der Waals surface area contributed by atoms with Crippen molar-refractivity contribution in [1.29, 1.82) is 0 Å². The summed E-state index contributed by atoms with van der Waals surface area (Å²) in [6, 6.07) is 14.3. The van der Waals surface area contributed by atoms with Crippen LogP contribution in [0, 0.1) is 0 Å². The summed E-state index contributed by atoms with van der Waals surface area (Å²) in [7, 11) is 1.86. The number of hydrogen-bond acceptors (Lipinski definition) is 2. The average Bonchev–Trinajstić information content (AvgIpc) is 2.66. The standard InChI is InChI=1S/C21H26N2O2/c1-23(18-11-3-2-4-12-18)21(25)15-22-20(24)14-17-10-7-9-16-8-5-6-13-19(16)17/h5-10,13,18H,2-4,11-12,14-15H2,1H3,(H,22,24). The minimum absolute atomic E-state index is 0.00169. The summed E-state index contributed by atoms with van der Waals surface area (Å²) >= 11 is 0. The van der Waals surface area contributed by atoms with Crippen LogP contribution in [0.5, 0.6) is 0 Å². The summed E-state index contributed by atoms with van der Waals surface area (Å²) in [4.78, 5) is 26.4. The summed E-state index contributed by atoms with van der Waals surface area (Å²) in [5.74, 6) is -0.111. The minimum Gasteiger partial charge on any atom is -0.347 e. The van der Waals surface area contributed by atoms with Crippen molar-refractivity contribution in [3.8, 4) is 0 Å². The van der Waals surface area contributed by atoms with Gasteiger partial charge in [-0.25, -0.2) is 0 Å². The summed E-state index contributed by atoms with van der Waals surface area (Å²) < 4.78 is 0. The van der Waals surface area contributed by atoms with Crippen LogP contribution in [-0.4, -0.2) is 36.3 Å². The number of benzene rings is 2. The molecule has 25 heavy (non-hydrogen) atoms. The summed E-state index contributed by atoms with van der Waals surface area (Å²) in [6.45, 7) is 0.0800. The van der Waals surface area contributed by atoms with Gasteiger partial charge in [0.1, 0.15) is 0 Å². The Morgan fingerprint density at radius 1 is 1.04 bits per heavy atom. The van der Waals surface area contributed by atoms with Crippen LogP contribution in [0.4, 0.5) is 0 Å². The van der Waals surface area contributed by atoms with E-state index in [0.29, 0.717) is 12.5 Å². The van der Waals surface area contributed by atoms with E-state index < -0.39 is 0 Å². The lowest BCUT2D eigenvalue weighted by Crippen LogP contribution is -2.44. The monoisotopic (exact) mass is 338 g/mol. The molecule has 0 aromatic heterocycles. The fourth-order valence-corrected chi connectivity index (χ4v) is 3.65. The molecule has 4 nitrogen and oxygen atoms in total. The Morgan fingerprint density at radius 2 is 1.76 bits per heavy atom. The lowest BCUT2D eigenvalue weighted by Gasteiger charge is -2.31. The van der Waals surface area contributed by atoms with Crippen molar-refractivity contribution in [3.05, 3.63) is 48.0 Å². The molecule has 132 valence electrons. The molecule has 0 bridgehead atoms. The third-order valence-electron chi connectivity index (χ3n) is 5.18. The molecular formula is C21H26N2O2. The Morgan fingerprint density at radius 3 is 2.56 bits per heavy atom. The molecule has 1 aliphatic rings. The Bertz CT molecular complexity index is 745. The van der Waals surface area contributed by atoms with Gasteiger partial charge in [-0.2, -0.15) is 0 Å². The van der Waals surface area contributed by atoms with Crippen LogP contribution in [0.15, 0.2) is 42.5 Å². The van der Waals surface area contributed by atoms with Gasteiger partial charge in [0.2, 0.25) is 11.8 Å². The molecule has 2 aromatic carbocycles. The lowest BCUT2D eigenvalue weighted by molar-refractivity contribution is -0.133. The number of nitrogens with one attached hydrogen (secondary N) is 1. The first kappa shape index (κ1) is 17.5. The maximum Gasteiger partial charge on any atom is 0.241 e. The van der Waals surface area contributed by atoms with Gasteiger partial charge in [-0.15, -0.1) is 0 Å². The highest BCUT2D eigenvalue weighted by Gasteiger charge is 2.22. The Balaban J connectivity index is 1.54. The van der Waals surface area contributed by atoms with E-state index in [1.807, 2.05) is 54.4 Å². The Labute approximate surface area is 149 Å². The molecule has 3 rings (SSSR count). The zero-order chi connectivity index (χ0) is 17.6. The molecule has 0 atom stereocenters. The molecule has 2 aromatic rings. The summed E-state index contributed by atoms with van der Waals surface area (Å²) in [5.41, 5.74) is 0.990. The predicted octanol–water partition coefficient (Wildman–Crippen LogP) is 3.29. The molecular weight excluding hydrogens is 312 g/mol. The van der Waals surface area contributed by atoms with E-state index in [-0.39, 0.29) is 18.4 Å². The Kier molecular flexibility index (Phi) is 5.69. The van der Waals surface area contributed by atoms with E-state index in [0.717, 1.165) is 29.2 Å². The van der Waals surface area contributed by atoms with Crippen LogP contribution >= 0.6 is 0 Å². The van der Waals surface area contributed by atoms with Crippen molar-refractivity contribution in [2.45, 2.75) is 44.6 Å². The number of carbonyl (C=O) groups excluding carboxylic acids is 2. The number of carbonyl (C=O) groups is 2. The van der Waals surface area contributed by atoms with Crippen molar-refractivity contribution >= 4 is 22.6 Å². The van der Waals surface area contributed by atoms with E-state index in [1.165, 1.54) is 19.3 Å². The van der Waals surface area contributed by atoms with Gasteiger partial charge in [-0.1, -0.05) is 61.7 Å². The molecule has 0 saturated heterocycles. The van der Waals surface area contributed by atoms with Crippen molar-refractivity contribution < 1.29 is 9.59 Å². The highest BCUT2D eigenvalue weighted by molar-refractivity contribution is 5.91. The van der Waals surface area contributed by atoms with Crippen molar-refractivity contribution in [2.75, 3.05) is 13.6 Å². The minimum atomic E-state index is -0.109. The Hall–Kier alpha value is -2.36. The quantitative estimate of drug-likeness (QED) is 0.909. The van der Waals surface area contributed by atoms with Crippen molar-refractivity contribution in [1.82, 2.24) is 10.2 Å². The first-order valence-electron chi connectivity index (χ1n) is 9.14. The van der Waals surface area contributed by atoms with Gasteiger partial charge < -0.3 is 10.2 Å². The number of hydrogen-bond donors (Lipinski definition) is 1. The van der Waals surface area contributed by atoms with Crippen LogP contribution in [0.25, 0.3) is 10.8 Å². The molecule has 4 heteroatoms. The zero-order valence-electron chi connectivity index (χ0n) is 14.8. The van der Waals surface area contributed by atoms with Gasteiger partial charge in [0.25, 0.3) is 0 Å². The van der Waals surface area contributed by atoms with E-state index in [1.54, 1.807) is 0 Å². The number of fused-ring (bicyclic) bond motifs is 1. The molecule has 0 aliphatic heterocycles. The molecule has 0 radical (unpaired) electrons. The number of nitrogens with zero attached hydrogens (tertiary/aromatic N) is 1. The topological polar surface area (TPSA) is 49.4 Å². The fourth-order valence-electron chi connectivity index (χ4n) is 3.65. The molecule has 1 saturated carbocycles. The van der Waals surface area contributed by atoms with Crippen molar-refractivity contribution in [3.63, 3.8) is 0 Å². The second kappa shape index (κ2) is 8.15. The molecule has 1 aliphatic carbocycles. The van der Waals surface area contributed by atoms with Crippen molar-refractivity contribution in [2.24, 2.45) is 0 Å². The van der Waals surface area contributed by atoms with Crippen LogP contribution < -0.4 is 5.32 Å². The van der Waals surface area contributed by atoms with E-state index in [4.69, 9.17) is 0 Å². The van der Waals surface area contributed by atoms with E-state index in [2.05, 4.69) is 5.32 Å². The van der Waals surface area contributed by atoms with Gasteiger partial charge in [-0.3, -0.25) is 9.59 Å². The van der Waals surface area contributed by atoms with Gasteiger partial charge in [-0.05, 0) is 29.2 Å². The summed E-state index contributed by atoms with van der Waals surface area (Å²) in [5, 5.41) is 5.00. The molecule has 2 amide bonds. The third kappa shape index (κ3) is 4.38. The van der Waals surface area contributed by atoms with Crippen LogP contribution in [0.2, 0.25) is 0 Å². The van der Waals surface area contributed by atoms with Crippen LogP contribution in [0.1, 0.15) is 37.7 Å². The van der Waals surface area contributed by atoms with Gasteiger partial charge >= 0.3 is 0 Å². The third-order valence-corrected chi connectivity index (χ3v) is 5.18.